The molecule has 0 aliphatic rings. The van der Waals surface area contributed by atoms with Crippen molar-refractivity contribution in [2.24, 2.45) is 0 Å². The Morgan fingerprint density at radius 2 is 0.882 bits per heavy atom. The van der Waals surface area contributed by atoms with Gasteiger partial charge in [-0.1, -0.05) is 115 Å². The van der Waals surface area contributed by atoms with Crippen molar-refractivity contribution in [1.82, 2.24) is 0 Å². The third-order valence-corrected chi connectivity index (χ3v) is 10.1. The first-order valence-electron chi connectivity index (χ1n) is 15.1. The molecule has 0 aliphatic carbocycles. The molecule has 3 nitrogen and oxygen atoms in total. The molecule has 0 bridgehead atoms. The number of alkyl halides is 9. The fourth-order valence-corrected chi connectivity index (χ4v) is 7.15. The quantitative estimate of drug-likeness (QED) is 0.0932. The van der Waals surface area contributed by atoms with Gasteiger partial charge in [0.2, 0.25) is 0 Å². The zero-order valence-corrected chi connectivity index (χ0v) is 26.5. The van der Waals surface area contributed by atoms with Gasteiger partial charge < -0.3 is 4.18 Å². The summed E-state index contributed by atoms with van der Waals surface area (Å²) in [6.45, 7) is 0. The van der Waals surface area contributed by atoms with E-state index >= 15 is 0 Å². The molecule has 13 heteroatoms. The third kappa shape index (κ3) is 5.24. The molecule has 260 valence electrons. The van der Waals surface area contributed by atoms with E-state index in [0.717, 1.165) is 43.9 Å². The lowest BCUT2D eigenvalue weighted by Crippen LogP contribution is -2.63. The van der Waals surface area contributed by atoms with Gasteiger partial charge >= 0.3 is 33.4 Å². The molecule has 0 N–H and O–H groups in total. The van der Waals surface area contributed by atoms with Gasteiger partial charge in [-0.2, -0.15) is 47.9 Å². The summed E-state index contributed by atoms with van der Waals surface area (Å²) < 4.78 is 152. The van der Waals surface area contributed by atoms with Crippen LogP contribution in [0.15, 0.2) is 127 Å². The van der Waals surface area contributed by atoms with Crippen molar-refractivity contribution in [3.63, 3.8) is 0 Å². The van der Waals surface area contributed by atoms with Crippen LogP contribution in [-0.2, 0) is 10.1 Å². The molecular weight excluding hydrogens is 707 g/mol. The van der Waals surface area contributed by atoms with E-state index in [0.29, 0.717) is 10.9 Å². The Morgan fingerprint density at radius 3 is 1.43 bits per heavy atom. The Bertz CT molecular complexity index is 2560. The van der Waals surface area contributed by atoms with E-state index in [4.69, 9.17) is 0 Å². The molecule has 7 aromatic rings. The summed E-state index contributed by atoms with van der Waals surface area (Å²) in [6.07, 6.45) is -7.21. The third-order valence-electron chi connectivity index (χ3n) is 8.77. The van der Waals surface area contributed by atoms with Gasteiger partial charge in [0.25, 0.3) is 0 Å². The van der Waals surface area contributed by atoms with Crippen LogP contribution in [0.1, 0.15) is 0 Å². The highest BCUT2D eigenvalue weighted by molar-refractivity contribution is 7.88. The molecule has 7 rings (SSSR count). The number of benzene rings is 7. The highest BCUT2D eigenvalue weighted by Crippen LogP contribution is 2.55. The van der Waals surface area contributed by atoms with Crippen LogP contribution in [0.3, 0.4) is 0 Å². The van der Waals surface area contributed by atoms with Crippen LogP contribution in [-0.4, -0.2) is 31.7 Å². The van der Waals surface area contributed by atoms with Crippen LogP contribution < -0.4 is 4.18 Å². The smallest absolute Gasteiger partial charge is 0.377 e. The fraction of sp³-hybridized carbons (Fsp3) is 0.105. The number of hydrogen-bond donors (Lipinski definition) is 0. The van der Waals surface area contributed by atoms with Gasteiger partial charge in [-0.25, -0.2) is 0 Å². The highest BCUT2D eigenvalue weighted by Gasteiger charge is 2.86. The molecule has 0 saturated heterocycles. The molecule has 0 fully saturated rings. The lowest BCUT2D eigenvalue weighted by atomic mass is 9.91. The second-order valence-electron chi connectivity index (χ2n) is 11.8. The van der Waals surface area contributed by atoms with Crippen molar-refractivity contribution < 1.29 is 52.1 Å². The van der Waals surface area contributed by atoms with Crippen molar-refractivity contribution in [2.75, 3.05) is 0 Å². The predicted molar refractivity (Wildman–Crippen MR) is 178 cm³/mol. The predicted octanol–water partition coefficient (Wildman–Crippen LogP) is 11.8. The summed E-state index contributed by atoms with van der Waals surface area (Å²) >= 11 is 0. The van der Waals surface area contributed by atoms with Crippen LogP contribution in [0.5, 0.6) is 5.75 Å². The van der Waals surface area contributed by atoms with Gasteiger partial charge in [0.05, 0.1) is 0 Å². The number of fused-ring (bicyclic) bond motifs is 7. The molecule has 0 radical (unpaired) electrons. The topological polar surface area (TPSA) is 43.4 Å². The summed E-state index contributed by atoms with van der Waals surface area (Å²) in [5.41, 5.74) is 1.36. The van der Waals surface area contributed by atoms with Crippen LogP contribution in [0.25, 0.3) is 65.3 Å². The fourth-order valence-electron chi connectivity index (χ4n) is 6.22. The minimum atomic E-state index is -7.44. The second kappa shape index (κ2) is 11.6. The molecule has 51 heavy (non-hydrogen) atoms. The standard InChI is InChI=1S/C38H21F9O3S/c39-35(40,37(43,44)45)36(41,42)38(46,47)51(48,49)50-33-20-18-23-7-1-2-8-26(23)34(33)24-15-13-22(14-16-24)25-17-19-31-29-11-4-3-9-27(29)28-10-5-6-12-30(28)32(31)21-25/h1-21H. The van der Waals surface area contributed by atoms with Crippen molar-refractivity contribution in [2.45, 2.75) is 23.3 Å². The summed E-state index contributed by atoms with van der Waals surface area (Å²) in [5.74, 6) is -15.9. The van der Waals surface area contributed by atoms with Gasteiger partial charge in [0, 0.05) is 5.56 Å². The molecule has 0 atom stereocenters. The average Bonchev–Trinajstić information content (AvgIpc) is 3.10. The molecule has 0 heterocycles. The lowest BCUT2D eigenvalue weighted by Gasteiger charge is -2.32. The summed E-state index contributed by atoms with van der Waals surface area (Å²) in [4.78, 5) is 0. The van der Waals surface area contributed by atoms with E-state index in [-0.39, 0.29) is 16.5 Å². The zero-order chi connectivity index (χ0) is 36.6. The monoisotopic (exact) mass is 728 g/mol. The first kappa shape index (κ1) is 34.2. The van der Waals surface area contributed by atoms with Crippen molar-refractivity contribution in [1.29, 1.82) is 0 Å². The Kier molecular flexibility index (Phi) is 7.79. The van der Waals surface area contributed by atoms with E-state index in [1.165, 1.54) is 30.3 Å². The molecule has 0 aliphatic heterocycles. The van der Waals surface area contributed by atoms with Gasteiger partial charge in [-0.15, -0.1) is 0 Å². The molecule has 0 unspecified atom stereocenters. The van der Waals surface area contributed by atoms with E-state index in [1.807, 2.05) is 66.7 Å². The number of rotatable bonds is 7. The molecule has 7 aromatic carbocycles. The van der Waals surface area contributed by atoms with Crippen LogP contribution >= 0.6 is 0 Å². The van der Waals surface area contributed by atoms with Crippen LogP contribution in [0.2, 0.25) is 0 Å². The summed E-state index contributed by atoms with van der Waals surface area (Å²) in [7, 11) is -7.18. The van der Waals surface area contributed by atoms with E-state index in [2.05, 4.69) is 4.18 Å². The maximum Gasteiger partial charge on any atom is 0.460 e. The first-order chi connectivity index (χ1) is 24.0. The molecule has 0 saturated carbocycles. The number of hydrogen-bond acceptors (Lipinski definition) is 3. The van der Waals surface area contributed by atoms with Crippen molar-refractivity contribution in [3.8, 4) is 28.0 Å². The highest BCUT2D eigenvalue weighted by atomic mass is 32.2. The molecular formula is C38H21F9O3S. The minimum Gasteiger partial charge on any atom is -0.377 e. The largest absolute Gasteiger partial charge is 0.460 e. The van der Waals surface area contributed by atoms with Gasteiger partial charge in [-0.3, -0.25) is 0 Å². The summed E-state index contributed by atoms with van der Waals surface area (Å²) in [6, 6.07) is 36.1. The molecule has 0 aromatic heterocycles. The SMILES string of the molecule is O=S(=O)(Oc1ccc2ccccc2c1-c1ccc(-c2ccc3c4ccccc4c4ccccc4c3c2)cc1)C(F)(F)C(F)(F)C(F)(F)C(F)(F)F. The van der Waals surface area contributed by atoms with E-state index in [1.54, 1.807) is 24.3 Å². The molecule has 0 amide bonds. The Labute approximate surface area is 283 Å². The molecule has 0 spiro atoms. The minimum absolute atomic E-state index is 0.133. The van der Waals surface area contributed by atoms with Gasteiger partial charge in [0.15, 0.2) is 5.75 Å². The maximum atomic E-state index is 14.6. The maximum absolute atomic E-state index is 14.6. The Balaban J connectivity index is 1.32. The average molecular weight is 729 g/mol. The lowest BCUT2D eigenvalue weighted by molar-refractivity contribution is -0.382. The van der Waals surface area contributed by atoms with E-state index in [9.17, 15) is 47.9 Å². The van der Waals surface area contributed by atoms with E-state index < -0.39 is 39.1 Å². The van der Waals surface area contributed by atoms with Crippen LogP contribution in [0, 0.1) is 0 Å². The van der Waals surface area contributed by atoms with Crippen LogP contribution in [0.4, 0.5) is 39.5 Å². The first-order valence-corrected chi connectivity index (χ1v) is 16.5. The number of halogens is 9. The van der Waals surface area contributed by atoms with Crippen molar-refractivity contribution in [3.05, 3.63) is 127 Å². The Hall–Kier alpha value is -5.30. The summed E-state index contributed by atoms with van der Waals surface area (Å²) in [5, 5.41) is -0.241. The second-order valence-corrected chi connectivity index (χ2v) is 13.4. The van der Waals surface area contributed by atoms with Gasteiger partial charge in [0.1, 0.15) is 0 Å². The van der Waals surface area contributed by atoms with Crippen molar-refractivity contribution >= 4 is 53.2 Å². The Morgan fingerprint density at radius 1 is 0.431 bits per heavy atom. The zero-order valence-electron chi connectivity index (χ0n) is 25.7. The van der Waals surface area contributed by atoms with Gasteiger partial charge in [-0.05, 0) is 71.9 Å². The normalized spacial score (nSPS) is 13.4.